The number of hydrogen-bond acceptors (Lipinski definition) is 4. The van der Waals surface area contributed by atoms with E-state index in [2.05, 4.69) is 31.2 Å². The maximum Gasteiger partial charge on any atom is 0.136 e. The predicted octanol–water partition coefficient (Wildman–Crippen LogP) is 3.18. The molecule has 0 aliphatic heterocycles. The summed E-state index contributed by atoms with van der Waals surface area (Å²) in [7, 11) is 0. The summed E-state index contributed by atoms with van der Waals surface area (Å²) >= 11 is 3.49. The summed E-state index contributed by atoms with van der Waals surface area (Å²) in [5.74, 6) is 1.81. The molecule has 0 fully saturated rings. The molecule has 4 nitrogen and oxygen atoms in total. The normalized spacial score (nSPS) is 10.3. The van der Waals surface area contributed by atoms with E-state index in [1.807, 2.05) is 32.0 Å². The van der Waals surface area contributed by atoms with Crippen molar-refractivity contribution in [2.24, 2.45) is 0 Å². The van der Waals surface area contributed by atoms with Gasteiger partial charge in [-0.2, -0.15) is 0 Å². The second-order valence-electron chi connectivity index (χ2n) is 3.83. The number of benzene rings is 1. The molecule has 88 valence electrons. The van der Waals surface area contributed by atoms with Crippen LogP contribution in [0.4, 0.5) is 17.3 Å². The molecule has 0 spiro atoms. The van der Waals surface area contributed by atoms with Crippen molar-refractivity contribution in [2.45, 2.75) is 13.8 Å². The monoisotopic (exact) mass is 292 g/mol. The van der Waals surface area contributed by atoms with E-state index < -0.39 is 0 Å². The predicted molar refractivity (Wildman–Crippen MR) is 73.3 cm³/mol. The lowest BCUT2D eigenvalue weighted by molar-refractivity contribution is 1.06. The third kappa shape index (κ3) is 2.94. The number of nitrogen functional groups attached to an aromatic ring is 1. The van der Waals surface area contributed by atoms with Crippen LogP contribution in [0.15, 0.2) is 28.7 Å². The average Bonchev–Trinajstić information content (AvgIpc) is 2.22. The molecule has 0 amide bonds. The molecular formula is C12H13BrN4. The summed E-state index contributed by atoms with van der Waals surface area (Å²) in [6, 6.07) is 7.78. The van der Waals surface area contributed by atoms with Crippen LogP contribution < -0.4 is 11.1 Å². The minimum Gasteiger partial charge on any atom is -0.384 e. The molecule has 0 radical (unpaired) electrons. The Labute approximate surface area is 108 Å². The standard InChI is InChI=1S/C12H13BrN4/c1-7-3-4-9(13)10(5-7)17-12-6-11(14)15-8(2)16-12/h3-6H,1-2H3,(H3,14,15,16,17). The number of nitrogens with zero attached hydrogens (tertiary/aromatic N) is 2. The van der Waals surface area contributed by atoms with Crippen molar-refractivity contribution in [3.8, 4) is 0 Å². The van der Waals surface area contributed by atoms with Crippen molar-refractivity contribution in [3.63, 3.8) is 0 Å². The van der Waals surface area contributed by atoms with Crippen molar-refractivity contribution in [3.05, 3.63) is 40.1 Å². The highest BCUT2D eigenvalue weighted by molar-refractivity contribution is 9.10. The van der Waals surface area contributed by atoms with Crippen LogP contribution in [-0.4, -0.2) is 9.97 Å². The molecule has 0 saturated carbocycles. The fourth-order valence-electron chi connectivity index (χ4n) is 1.53. The Morgan fingerprint density at radius 2 is 1.94 bits per heavy atom. The van der Waals surface area contributed by atoms with Crippen molar-refractivity contribution < 1.29 is 0 Å². The lowest BCUT2D eigenvalue weighted by Gasteiger charge is -2.09. The first-order valence-corrected chi connectivity index (χ1v) is 5.98. The quantitative estimate of drug-likeness (QED) is 0.892. The van der Waals surface area contributed by atoms with Crippen LogP contribution in [0, 0.1) is 13.8 Å². The molecule has 0 saturated heterocycles. The van der Waals surface area contributed by atoms with Crippen LogP contribution in [-0.2, 0) is 0 Å². The molecule has 2 rings (SSSR count). The van der Waals surface area contributed by atoms with Crippen LogP contribution in [0.5, 0.6) is 0 Å². The van der Waals surface area contributed by atoms with E-state index in [1.54, 1.807) is 6.07 Å². The number of hydrogen-bond donors (Lipinski definition) is 2. The molecule has 5 heteroatoms. The first kappa shape index (κ1) is 11.9. The van der Waals surface area contributed by atoms with E-state index in [0.29, 0.717) is 17.5 Å². The Morgan fingerprint density at radius 3 is 2.65 bits per heavy atom. The molecule has 0 atom stereocenters. The summed E-state index contributed by atoms with van der Waals surface area (Å²) in [4.78, 5) is 8.31. The molecule has 17 heavy (non-hydrogen) atoms. The van der Waals surface area contributed by atoms with Crippen LogP contribution >= 0.6 is 15.9 Å². The number of rotatable bonds is 2. The van der Waals surface area contributed by atoms with Gasteiger partial charge in [-0.25, -0.2) is 9.97 Å². The molecular weight excluding hydrogens is 280 g/mol. The summed E-state index contributed by atoms with van der Waals surface area (Å²) in [6.07, 6.45) is 0. The minimum atomic E-state index is 0.462. The summed E-state index contributed by atoms with van der Waals surface area (Å²) in [5, 5.41) is 3.22. The van der Waals surface area contributed by atoms with Crippen molar-refractivity contribution in [1.29, 1.82) is 0 Å². The molecule has 0 bridgehead atoms. The molecule has 1 aromatic heterocycles. The Hall–Kier alpha value is -1.62. The summed E-state index contributed by atoms with van der Waals surface area (Å²) in [5.41, 5.74) is 7.81. The third-order valence-electron chi connectivity index (χ3n) is 2.24. The highest BCUT2D eigenvalue weighted by Gasteiger charge is 2.03. The number of nitrogens with two attached hydrogens (primary N) is 1. The topological polar surface area (TPSA) is 63.8 Å². The Balaban J connectivity index is 2.34. The Morgan fingerprint density at radius 1 is 1.18 bits per heavy atom. The van der Waals surface area contributed by atoms with E-state index in [9.17, 15) is 0 Å². The van der Waals surface area contributed by atoms with E-state index >= 15 is 0 Å². The fourth-order valence-corrected chi connectivity index (χ4v) is 1.87. The summed E-state index contributed by atoms with van der Waals surface area (Å²) in [6.45, 7) is 3.85. The van der Waals surface area contributed by atoms with Gasteiger partial charge in [0, 0.05) is 10.5 Å². The highest BCUT2D eigenvalue weighted by atomic mass is 79.9. The number of nitrogens with one attached hydrogen (secondary N) is 1. The summed E-state index contributed by atoms with van der Waals surface area (Å²) < 4.78 is 0.984. The Bertz CT molecular complexity index is 534. The van der Waals surface area contributed by atoms with Gasteiger partial charge in [0.05, 0.1) is 5.69 Å². The van der Waals surface area contributed by atoms with Gasteiger partial charge in [0.15, 0.2) is 0 Å². The highest BCUT2D eigenvalue weighted by Crippen LogP contribution is 2.26. The van der Waals surface area contributed by atoms with Gasteiger partial charge in [0.25, 0.3) is 0 Å². The zero-order valence-corrected chi connectivity index (χ0v) is 11.2. The number of aromatic nitrogens is 2. The number of aryl methyl sites for hydroxylation is 2. The van der Waals surface area contributed by atoms with Crippen LogP contribution in [0.2, 0.25) is 0 Å². The molecule has 3 N–H and O–H groups in total. The molecule has 2 aromatic rings. The SMILES string of the molecule is Cc1ccc(Br)c(Nc2cc(N)nc(C)n2)c1. The van der Waals surface area contributed by atoms with Crippen LogP contribution in [0.3, 0.4) is 0 Å². The first-order chi connectivity index (χ1) is 8.04. The zero-order chi connectivity index (χ0) is 12.4. The molecule has 0 aliphatic rings. The zero-order valence-electron chi connectivity index (χ0n) is 9.66. The van der Waals surface area contributed by atoms with Gasteiger partial charge < -0.3 is 11.1 Å². The molecule has 1 heterocycles. The smallest absolute Gasteiger partial charge is 0.136 e. The average molecular weight is 293 g/mol. The maximum atomic E-state index is 5.68. The van der Waals surface area contributed by atoms with E-state index in [1.165, 1.54) is 5.56 Å². The van der Waals surface area contributed by atoms with Crippen LogP contribution in [0.1, 0.15) is 11.4 Å². The van der Waals surface area contributed by atoms with E-state index in [4.69, 9.17) is 5.73 Å². The molecule has 0 unspecified atom stereocenters. The van der Waals surface area contributed by atoms with Gasteiger partial charge in [-0.1, -0.05) is 6.07 Å². The van der Waals surface area contributed by atoms with Crippen molar-refractivity contribution >= 4 is 33.3 Å². The van der Waals surface area contributed by atoms with Crippen molar-refractivity contribution in [2.75, 3.05) is 11.1 Å². The van der Waals surface area contributed by atoms with Gasteiger partial charge in [-0.05, 0) is 47.5 Å². The van der Waals surface area contributed by atoms with Gasteiger partial charge in [0.2, 0.25) is 0 Å². The minimum absolute atomic E-state index is 0.462. The van der Waals surface area contributed by atoms with Gasteiger partial charge in [0.1, 0.15) is 17.5 Å². The van der Waals surface area contributed by atoms with Gasteiger partial charge in [-0.3, -0.25) is 0 Å². The van der Waals surface area contributed by atoms with Crippen LogP contribution in [0.25, 0.3) is 0 Å². The number of halogens is 1. The van der Waals surface area contributed by atoms with Crippen molar-refractivity contribution in [1.82, 2.24) is 9.97 Å². The first-order valence-electron chi connectivity index (χ1n) is 5.19. The third-order valence-corrected chi connectivity index (χ3v) is 2.93. The molecule has 0 aliphatic carbocycles. The molecule has 1 aromatic carbocycles. The van der Waals surface area contributed by atoms with Gasteiger partial charge in [-0.15, -0.1) is 0 Å². The second-order valence-corrected chi connectivity index (χ2v) is 4.69. The largest absolute Gasteiger partial charge is 0.384 e. The van der Waals surface area contributed by atoms with Gasteiger partial charge >= 0.3 is 0 Å². The Kier molecular flexibility index (Phi) is 3.28. The lowest BCUT2D eigenvalue weighted by Crippen LogP contribution is -2.01. The fraction of sp³-hybridized carbons (Fsp3) is 0.167. The lowest BCUT2D eigenvalue weighted by atomic mass is 10.2. The number of anilines is 3. The van der Waals surface area contributed by atoms with E-state index in [0.717, 1.165) is 10.2 Å². The second kappa shape index (κ2) is 4.71. The van der Waals surface area contributed by atoms with E-state index in [-0.39, 0.29) is 0 Å². The maximum absolute atomic E-state index is 5.68.